The summed E-state index contributed by atoms with van der Waals surface area (Å²) < 4.78 is 0. The van der Waals surface area contributed by atoms with Gasteiger partial charge in [0.2, 0.25) is 0 Å². The second-order valence-corrected chi connectivity index (χ2v) is 5.13. The number of aliphatic hydroxyl groups is 1. The van der Waals surface area contributed by atoms with Crippen molar-refractivity contribution in [2.24, 2.45) is 5.92 Å². The van der Waals surface area contributed by atoms with Crippen molar-refractivity contribution >= 4 is 23.2 Å². The van der Waals surface area contributed by atoms with E-state index >= 15 is 0 Å². The number of rotatable bonds is 5. The molecule has 1 aliphatic carbocycles. The molecule has 0 spiro atoms. The summed E-state index contributed by atoms with van der Waals surface area (Å²) in [6.07, 6.45) is 2.05. The summed E-state index contributed by atoms with van der Waals surface area (Å²) in [5.41, 5.74) is 0.731. The van der Waals surface area contributed by atoms with Gasteiger partial charge in [0, 0.05) is 22.2 Å². The molecule has 0 aliphatic heterocycles. The maximum absolute atomic E-state index is 9.94. The average Bonchev–Trinajstić information content (AvgIpc) is 3.01. The van der Waals surface area contributed by atoms with Gasteiger partial charge in [-0.3, -0.25) is 0 Å². The van der Waals surface area contributed by atoms with E-state index in [0.29, 0.717) is 16.6 Å². The highest BCUT2D eigenvalue weighted by Crippen LogP contribution is 2.28. The highest BCUT2D eigenvalue weighted by Gasteiger charge is 2.21. The number of nitrogens with one attached hydrogen (secondary N) is 1. The van der Waals surface area contributed by atoms with Gasteiger partial charge in [-0.15, -0.1) is 0 Å². The summed E-state index contributed by atoms with van der Waals surface area (Å²) in [5, 5.41) is 14.3. The van der Waals surface area contributed by atoms with Gasteiger partial charge in [0.25, 0.3) is 0 Å². The lowest BCUT2D eigenvalue weighted by Crippen LogP contribution is -2.23. The molecule has 1 aliphatic rings. The molecule has 1 aromatic carbocycles. The minimum atomic E-state index is -0.566. The second-order valence-electron chi connectivity index (χ2n) is 4.28. The molecule has 1 unspecified atom stereocenters. The van der Waals surface area contributed by atoms with Crippen molar-refractivity contribution in [3.8, 4) is 0 Å². The molecule has 1 saturated carbocycles. The van der Waals surface area contributed by atoms with Gasteiger partial charge in [0.15, 0.2) is 0 Å². The zero-order valence-corrected chi connectivity index (χ0v) is 10.4. The van der Waals surface area contributed by atoms with E-state index in [1.54, 1.807) is 18.2 Å². The Morgan fingerprint density at radius 3 is 2.75 bits per heavy atom. The highest BCUT2D eigenvalue weighted by atomic mass is 35.5. The maximum Gasteiger partial charge on any atom is 0.0928 e. The minimum Gasteiger partial charge on any atom is -0.387 e. The van der Waals surface area contributed by atoms with E-state index in [1.165, 1.54) is 12.8 Å². The van der Waals surface area contributed by atoms with Gasteiger partial charge < -0.3 is 10.4 Å². The molecule has 1 atom stereocenters. The van der Waals surface area contributed by atoms with Crippen molar-refractivity contribution in [3.05, 3.63) is 33.8 Å². The third-order valence-electron chi connectivity index (χ3n) is 2.79. The number of hydrogen-bond donors (Lipinski definition) is 2. The third kappa shape index (κ3) is 3.36. The molecule has 16 heavy (non-hydrogen) atoms. The molecule has 4 heteroatoms. The number of hydrogen-bond acceptors (Lipinski definition) is 2. The van der Waals surface area contributed by atoms with Crippen molar-refractivity contribution in [2.45, 2.75) is 18.9 Å². The van der Waals surface area contributed by atoms with Crippen LogP contribution in [-0.4, -0.2) is 18.2 Å². The first-order chi connectivity index (χ1) is 7.66. The standard InChI is InChI=1S/C12H15Cl2NO/c13-9-3-4-10(11(14)5-9)12(16)7-15-6-8-1-2-8/h3-5,8,12,15-16H,1-2,6-7H2. The zero-order valence-electron chi connectivity index (χ0n) is 8.92. The summed E-state index contributed by atoms with van der Waals surface area (Å²) in [4.78, 5) is 0. The van der Waals surface area contributed by atoms with Crippen molar-refractivity contribution in [1.82, 2.24) is 5.32 Å². The zero-order chi connectivity index (χ0) is 11.5. The Kier molecular flexibility index (Phi) is 4.09. The van der Waals surface area contributed by atoms with Crippen LogP contribution in [0.15, 0.2) is 18.2 Å². The lowest BCUT2D eigenvalue weighted by Gasteiger charge is -2.13. The lowest BCUT2D eigenvalue weighted by atomic mass is 10.1. The van der Waals surface area contributed by atoms with E-state index in [0.717, 1.165) is 18.0 Å². The highest BCUT2D eigenvalue weighted by molar-refractivity contribution is 6.35. The van der Waals surface area contributed by atoms with Crippen LogP contribution < -0.4 is 5.32 Å². The van der Waals surface area contributed by atoms with Crippen LogP contribution in [-0.2, 0) is 0 Å². The quantitative estimate of drug-likeness (QED) is 0.852. The SMILES string of the molecule is OC(CNCC1CC1)c1ccc(Cl)cc1Cl. The molecule has 2 N–H and O–H groups in total. The van der Waals surface area contributed by atoms with Crippen LogP contribution in [0.5, 0.6) is 0 Å². The van der Waals surface area contributed by atoms with Gasteiger partial charge in [0.05, 0.1) is 6.10 Å². The molecular formula is C12H15Cl2NO. The fourth-order valence-electron chi connectivity index (χ4n) is 1.63. The molecule has 0 bridgehead atoms. The topological polar surface area (TPSA) is 32.3 Å². The summed E-state index contributed by atoms with van der Waals surface area (Å²) in [6, 6.07) is 5.17. The van der Waals surface area contributed by atoms with Crippen LogP contribution in [0.1, 0.15) is 24.5 Å². The Labute approximate surface area is 106 Å². The van der Waals surface area contributed by atoms with E-state index in [1.807, 2.05) is 0 Å². The lowest BCUT2D eigenvalue weighted by molar-refractivity contribution is 0.174. The first-order valence-electron chi connectivity index (χ1n) is 5.50. The summed E-state index contributed by atoms with van der Waals surface area (Å²) in [7, 11) is 0. The summed E-state index contributed by atoms with van der Waals surface area (Å²) in [5.74, 6) is 0.813. The fraction of sp³-hybridized carbons (Fsp3) is 0.500. The van der Waals surface area contributed by atoms with Crippen LogP contribution in [0.3, 0.4) is 0 Å². The number of aliphatic hydroxyl groups excluding tert-OH is 1. The van der Waals surface area contributed by atoms with Gasteiger partial charge in [-0.2, -0.15) is 0 Å². The fourth-order valence-corrected chi connectivity index (χ4v) is 2.16. The molecule has 2 rings (SSSR count). The van der Waals surface area contributed by atoms with Gasteiger partial charge in [-0.05, 0) is 37.4 Å². The largest absolute Gasteiger partial charge is 0.387 e. The first kappa shape index (κ1) is 12.2. The number of benzene rings is 1. The van der Waals surface area contributed by atoms with E-state index in [4.69, 9.17) is 23.2 Å². The Morgan fingerprint density at radius 1 is 1.38 bits per heavy atom. The van der Waals surface area contributed by atoms with Crippen LogP contribution in [0, 0.1) is 5.92 Å². The predicted octanol–water partition coefficient (Wildman–Crippen LogP) is 3.03. The summed E-state index contributed by atoms with van der Waals surface area (Å²) >= 11 is 11.8. The predicted molar refractivity (Wildman–Crippen MR) is 67.0 cm³/mol. The Hall–Kier alpha value is -0.280. The molecule has 2 nitrogen and oxygen atoms in total. The molecule has 0 saturated heterocycles. The molecule has 0 radical (unpaired) electrons. The normalized spacial score (nSPS) is 17.4. The first-order valence-corrected chi connectivity index (χ1v) is 6.26. The average molecular weight is 260 g/mol. The molecule has 0 heterocycles. The molecule has 88 valence electrons. The minimum absolute atomic E-state index is 0.522. The van der Waals surface area contributed by atoms with E-state index in [-0.39, 0.29) is 0 Å². The third-order valence-corrected chi connectivity index (χ3v) is 3.35. The van der Waals surface area contributed by atoms with Crippen molar-refractivity contribution in [2.75, 3.05) is 13.1 Å². The van der Waals surface area contributed by atoms with Gasteiger partial charge in [-0.25, -0.2) is 0 Å². The molecule has 1 aromatic rings. The molecule has 0 aromatic heterocycles. The summed E-state index contributed by atoms with van der Waals surface area (Å²) in [6.45, 7) is 1.53. The van der Waals surface area contributed by atoms with Crippen LogP contribution in [0.4, 0.5) is 0 Å². The maximum atomic E-state index is 9.94. The van der Waals surface area contributed by atoms with Gasteiger partial charge in [0.1, 0.15) is 0 Å². The Bertz CT molecular complexity index is 366. The second kappa shape index (κ2) is 5.37. The number of halogens is 2. The Balaban J connectivity index is 1.88. The smallest absolute Gasteiger partial charge is 0.0928 e. The van der Waals surface area contributed by atoms with Crippen molar-refractivity contribution in [1.29, 1.82) is 0 Å². The van der Waals surface area contributed by atoms with E-state index in [9.17, 15) is 5.11 Å². The molecular weight excluding hydrogens is 245 g/mol. The van der Waals surface area contributed by atoms with E-state index in [2.05, 4.69) is 5.32 Å². The van der Waals surface area contributed by atoms with Crippen LogP contribution in [0.2, 0.25) is 10.0 Å². The molecule has 1 fully saturated rings. The monoisotopic (exact) mass is 259 g/mol. The van der Waals surface area contributed by atoms with Crippen LogP contribution in [0.25, 0.3) is 0 Å². The Morgan fingerprint density at radius 2 is 2.12 bits per heavy atom. The molecule has 0 amide bonds. The van der Waals surface area contributed by atoms with Crippen LogP contribution >= 0.6 is 23.2 Å². The van der Waals surface area contributed by atoms with E-state index < -0.39 is 6.10 Å². The van der Waals surface area contributed by atoms with Crippen molar-refractivity contribution in [3.63, 3.8) is 0 Å². The van der Waals surface area contributed by atoms with Gasteiger partial charge >= 0.3 is 0 Å². The van der Waals surface area contributed by atoms with Crippen molar-refractivity contribution < 1.29 is 5.11 Å². The van der Waals surface area contributed by atoms with Gasteiger partial charge in [-0.1, -0.05) is 29.3 Å².